The third-order valence-electron chi connectivity index (χ3n) is 4.05. The van der Waals surface area contributed by atoms with Crippen molar-refractivity contribution in [3.8, 4) is 10.4 Å². The Kier molecular flexibility index (Phi) is 4.43. The minimum Gasteiger partial charge on any atom is -0.465 e. The van der Waals surface area contributed by atoms with E-state index in [-0.39, 0.29) is 22.8 Å². The highest BCUT2D eigenvalue weighted by atomic mass is 32.2. The number of carbonyl (C=O) groups excluding carboxylic acids is 1. The van der Waals surface area contributed by atoms with Crippen molar-refractivity contribution in [2.45, 2.75) is 36.7 Å². The molecule has 0 N–H and O–H groups in total. The summed E-state index contributed by atoms with van der Waals surface area (Å²) in [6, 6.07) is 3.96. The Bertz CT molecular complexity index is 989. The maximum atomic E-state index is 13.2. The third-order valence-corrected chi connectivity index (χ3v) is 7.03. The average molecular weight is 393 g/mol. The van der Waals surface area contributed by atoms with Crippen LogP contribution in [-0.2, 0) is 9.53 Å². The Balaban J connectivity index is 1.88. The van der Waals surface area contributed by atoms with E-state index in [0.717, 1.165) is 15.3 Å². The zero-order valence-corrected chi connectivity index (χ0v) is 16.2. The van der Waals surface area contributed by atoms with Gasteiger partial charge in [0.05, 0.1) is 12.0 Å². The zero-order valence-electron chi connectivity index (χ0n) is 13.7. The molecular formula is C17H16N2O3S3. The van der Waals surface area contributed by atoms with E-state index in [1.54, 1.807) is 15.9 Å². The lowest BCUT2D eigenvalue weighted by Crippen LogP contribution is -2.26. The van der Waals surface area contributed by atoms with Gasteiger partial charge in [0.15, 0.2) is 5.16 Å². The van der Waals surface area contributed by atoms with Gasteiger partial charge in [0.2, 0.25) is 0 Å². The van der Waals surface area contributed by atoms with E-state index < -0.39 is 0 Å². The Labute approximate surface area is 156 Å². The fourth-order valence-corrected chi connectivity index (χ4v) is 5.84. The Hall–Kier alpha value is -1.64. The summed E-state index contributed by atoms with van der Waals surface area (Å²) >= 11 is 4.42. The Morgan fingerprint density at radius 2 is 2.20 bits per heavy atom. The lowest BCUT2D eigenvalue weighted by atomic mass is 10.2. The van der Waals surface area contributed by atoms with E-state index in [0.29, 0.717) is 23.6 Å². The second-order valence-corrected chi connectivity index (χ2v) is 9.01. The van der Waals surface area contributed by atoms with Gasteiger partial charge >= 0.3 is 5.97 Å². The summed E-state index contributed by atoms with van der Waals surface area (Å²) in [5.74, 6) is -0.222. The molecular weight excluding hydrogens is 376 g/mol. The van der Waals surface area contributed by atoms with Crippen molar-refractivity contribution in [1.29, 1.82) is 0 Å². The van der Waals surface area contributed by atoms with Gasteiger partial charge in [-0.25, -0.2) is 4.98 Å². The van der Waals surface area contributed by atoms with Crippen molar-refractivity contribution < 1.29 is 9.53 Å². The van der Waals surface area contributed by atoms with Crippen molar-refractivity contribution in [1.82, 2.24) is 9.55 Å². The third kappa shape index (κ3) is 2.92. The molecule has 0 radical (unpaired) electrons. The van der Waals surface area contributed by atoms with E-state index in [2.05, 4.69) is 0 Å². The number of hydrogen-bond acceptors (Lipinski definition) is 7. The number of ether oxygens (including phenoxy) is 1. The van der Waals surface area contributed by atoms with Crippen LogP contribution < -0.4 is 5.56 Å². The summed E-state index contributed by atoms with van der Waals surface area (Å²) in [7, 11) is 0. The predicted molar refractivity (Wildman–Crippen MR) is 103 cm³/mol. The molecule has 3 aromatic rings. The van der Waals surface area contributed by atoms with Gasteiger partial charge in [0.1, 0.15) is 10.1 Å². The number of nitrogens with zero attached hydrogens (tertiary/aromatic N) is 2. The monoisotopic (exact) mass is 392 g/mol. The molecule has 1 atom stereocenters. The van der Waals surface area contributed by atoms with E-state index in [4.69, 9.17) is 9.72 Å². The molecule has 0 aliphatic carbocycles. The number of aromatic nitrogens is 2. The van der Waals surface area contributed by atoms with Gasteiger partial charge < -0.3 is 4.74 Å². The summed E-state index contributed by atoms with van der Waals surface area (Å²) in [5, 5.41) is 4.97. The number of cyclic esters (lactones) is 1. The van der Waals surface area contributed by atoms with Crippen LogP contribution in [0, 0.1) is 0 Å². The fraction of sp³-hybridized carbons (Fsp3) is 0.353. The molecule has 1 fully saturated rings. The first-order valence-electron chi connectivity index (χ1n) is 7.97. The Morgan fingerprint density at radius 3 is 2.84 bits per heavy atom. The topological polar surface area (TPSA) is 61.2 Å². The molecule has 0 unspecified atom stereocenters. The van der Waals surface area contributed by atoms with Crippen molar-refractivity contribution in [3.05, 3.63) is 33.2 Å². The van der Waals surface area contributed by atoms with Gasteiger partial charge in [-0.05, 0) is 25.3 Å². The maximum absolute atomic E-state index is 13.2. The molecule has 1 saturated heterocycles. The normalized spacial score (nSPS) is 17.6. The molecule has 4 rings (SSSR count). The molecule has 0 aromatic carbocycles. The first kappa shape index (κ1) is 16.8. The minimum atomic E-state index is -0.286. The number of thioether (sulfide) groups is 1. The molecule has 0 amide bonds. The largest absolute Gasteiger partial charge is 0.465 e. The molecule has 130 valence electrons. The maximum Gasteiger partial charge on any atom is 0.319 e. The van der Waals surface area contributed by atoms with Crippen LogP contribution >= 0.6 is 34.4 Å². The number of hydrogen-bond donors (Lipinski definition) is 0. The number of rotatable bonds is 4. The van der Waals surface area contributed by atoms with Crippen LogP contribution in [0.4, 0.5) is 0 Å². The second-order valence-electron chi connectivity index (χ2n) is 6.03. The van der Waals surface area contributed by atoms with Gasteiger partial charge in [-0.3, -0.25) is 14.2 Å². The summed E-state index contributed by atoms with van der Waals surface area (Å²) in [5.41, 5.74) is 0.900. The van der Waals surface area contributed by atoms with Crippen LogP contribution in [0.15, 0.2) is 32.8 Å². The number of thiophene rings is 2. The molecule has 0 bridgehead atoms. The van der Waals surface area contributed by atoms with Crippen LogP contribution in [-0.4, -0.2) is 27.4 Å². The molecule has 3 aromatic heterocycles. The van der Waals surface area contributed by atoms with Crippen molar-refractivity contribution in [3.63, 3.8) is 0 Å². The highest BCUT2D eigenvalue weighted by Gasteiger charge is 2.30. The van der Waals surface area contributed by atoms with Gasteiger partial charge in [0.25, 0.3) is 5.56 Å². The smallest absolute Gasteiger partial charge is 0.319 e. The van der Waals surface area contributed by atoms with E-state index >= 15 is 0 Å². The van der Waals surface area contributed by atoms with Crippen molar-refractivity contribution in [2.24, 2.45) is 0 Å². The van der Waals surface area contributed by atoms with Crippen LogP contribution in [0.2, 0.25) is 0 Å². The lowest BCUT2D eigenvalue weighted by molar-refractivity contribution is -0.137. The van der Waals surface area contributed by atoms with Gasteiger partial charge in [-0.15, -0.1) is 22.7 Å². The van der Waals surface area contributed by atoms with E-state index in [1.807, 2.05) is 36.7 Å². The van der Waals surface area contributed by atoms with Gasteiger partial charge in [-0.1, -0.05) is 17.8 Å². The van der Waals surface area contributed by atoms with Gasteiger partial charge in [-0.2, -0.15) is 0 Å². The van der Waals surface area contributed by atoms with Crippen molar-refractivity contribution in [2.75, 3.05) is 6.61 Å². The molecule has 0 saturated carbocycles. The molecule has 1 aliphatic heterocycles. The summed E-state index contributed by atoms with van der Waals surface area (Å²) in [6.45, 7) is 4.36. The van der Waals surface area contributed by atoms with Crippen LogP contribution in [0.25, 0.3) is 20.7 Å². The Morgan fingerprint density at radius 1 is 1.36 bits per heavy atom. The van der Waals surface area contributed by atoms with Crippen LogP contribution in [0.5, 0.6) is 0 Å². The van der Waals surface area contributed by atoms with E-state index in [9.17, 15) is 9.59 Å². The molecule has 25 heavy (non-hydrogen) atoms. The minimum absolute atomic E-state index is 0.0413. The quantitative estimate of drug-likeness (QED) is 0.492. The van der Waals surface area contributed by atoms with Crippen molar-refractivity contribution >= 4 is 50.6 Å². The fourth-order valence-electron chi connectivity index (χ4n) is 2.85. The predicted octanol–water partition coefficient (Wildman–Crippen LogP) is 4.18. The molecule has 5 nitrogen and oxygen atoms in total. The summed E-state index contributed by atoms with van der Waals surface area (Å²) < 4.78 is 6.73. The van der Waals surface area contributed by atoms with E-state index in [1.165, 1.54) is 23.1 Å². The van der Waals surface area contributed by atoms with Gasteiger partial charge in [0, 0.05) is 28.3 Å². The molecule has 8 heteroatoms. The molecule has 1 aliphatic rings. The molecule has 4 heterocycles. The first-order chi connectivity index (χ1) is 12.1. The summed E-state index contributed by atoms with van der Waals surface area (Å²) in [6.07, 6.45) is 0.653. The van der Waals surface area contributed by atoms with Crippen LogP contribution in [0.3, 0.4) is 0 Å². The summed E-state index contributed by atoms with van der Waals surface area (Å²) in [4.78, 5) is 31.6. The number of carbonyl (C=O) groups is 1. The first-order valence-corrected chi connectivity index (χ1v) is 10.6. The van der Waals surface area contributed by atoms with Crippen LogP contribution in [0.1, 0.15) is 26.3 Å². The molecule has 0 spiro atoms. The number of esters is 1. The SMILES string of the molecule is CC(C)n1c(S[C@H]2CCOC2=O)nc2scc(-c3cccs3)c2c1=O. The zero-order chi connectivity index (χ0) is 17.6. The second kappa shape index (κ2) is 6.59. The highest BCUT2D eigenvalue weighted by molar-refractivity contribution is 8.00. The number of fused-ring (bicyclic) bond motifs is 1. The average Bonchev–Trinajstić information content (AvgIpc) is 3.28. The highest BCUT2D eigenvalue weighted by Crippen LogP contribution is 2.36. The lowest BCUT2D eigenvalue weighted by Gasteiger charge is -2.16. The standard InChI is InChI=1S/C17H16N2O3S3/c1-9(2)19-15(20)13-10(11-4-3-7-23-11)8-24-14(13)18-17(19)25-12-5-6-22-16(12)21/h3-4,7-9,12H,5-6H2,1-2H3/t12-/m0/s1.